The number of ketones is 1. The van der Waals surface area contributed by atoms with E-state index in [-0.39, 0.29) is 11.7 Å². The molecule has 0 aliphatic heterocycles. The summed E-state index contributed by atoms with van der Waals surface area (Å²) in [5.41, 5.74) is 9.96. The summed E-state index contributed by atoms with van der Waals surface area (Å²) in [4.78, 5) is 19.4. The molecule has 86 valence electrons. The van der Waals surface area contributed by atoms with E-state index in [2.05, 4.69) is 10.2 Å². The fraction of sp³-hybridized carbons (Fsp3) is 0.500. The summed E-state index contributed by atoms with van der Waals surface area (Å²) >= 11 is 0. The average Bonchev–Trinajstić information content (AvgIpc) is 2.01. The van der Waals surface area contributed by atoms with Crippen molar-refractivity contribution in [3.63, 3.8) is 0 Å². The number of nitrogens with two attached hydrogens (primary N) is 2. The predicted octanol–water partition coefficient (Wildman–Crippen LogP) is -0.294. The Morgan fingerprint density at radius 2 is 1.80 bits per heavy atom. The van der Waals surface area contributed by atoms with Crippen molar-refractivity contribution in [1.82, 2.24) is 0 Å². The van der Waals surface area contributed by atoms with Gasteiger partial charge in [-0.15, -0.1) is 5.10 Å². The number of carbonyl (C=O) groups excluding carboxylic acids is 1. The van der Waals surface area contributed by atoms with E-state index in [9.17, 15) is 4.79 Å². The Bertz CT molecular complexity index is 253. The summed E-state index contributed by atoms with van der Waals surface area (Å²) in [6.07, 6.45) is 2.55. The summed E-state index contributed by atoms with van der Waals surface area (Å²) in [6, 6.07) is 0. The number of Topliss-reactive ketones (excluding diaryl/α,β-unsaturated/α-hetero) is 1. The van der Waals surface area contributed by atoms with Crippen molar-refractivity contribution in [2.75, 3.05) is 0 Å². The monoisotopic (exact) mass is 216 g/mol. The first-order chi connectivity index (χ1) is 6.86. The van der Waals surface area contributed by atoms with Crippen molar-refractivity contribution in [3.05, 3.63) is 0 Å². The SMILES string of the molecule is CC(=O)CCC=NN=C(N)N.CC(=O)O. The van der Waals surface area contributed by atoms with Gasteiger partial charge in [0.1, 0.15) is 5.78 Å². The molecule has 0 heterocycles. The van der Waals surface area contributed by atoms with Gasteiger partial charge in [-0.2, -0.15) is 5.10 Å². The lowest BCUT2D eigenvalue weighted by atomic mass is 10.2. The van der Waals surface area contributed by atoms with E-state index in [0.717, 1.165) is 6.92 Å². The first-order valence-electron chi connectivity index (χ1n) is 4.15. The number of hydrogen-bond acceptors (Lipinski definition) is 4. The summed E-state index contributed by atoms with van der Waals surface area (Å²) in [5.74, 6) is -0.787. The molecule has 0 aromatic rings. The van der Waals surface area contributed by atoms with Crippen LogP contribution in [0.25, 0.3) is 0 Å². The third-order valence-electron chi connectivity index (χ3n) is 0.880. The molecule has 0 bridgehead atoms. The minimum atomic E-state index is -0.833. The standard InChI is InChI=1S/C6H12N4O.C2H4O2/c1-5(11)3-2-4-9-10-6(7)8;1-2(3)4/h4H,2-3H2,1H3,(H4,7,8,10);1H3,(H,3,4). The summed E-state index contributed by atoms with van der Waals surface area (Å²) in [7, 11) is 0. The van der Waals surface area contributed by atoms with E-state index in [1.54, 1.807) is 0 Å². The molecular weight excluding hydrogens is 200 g/mol. The highest BCUT2D eigenvalue weighted by molar-refractivity contribution is 5.79. The van der Waals surface area contributed by atoms with Crippen LogP contribution < -0.4 is 11.5 Å². The van der Waals surface area contributed by atoms with Crippen LogP contribution in [0.2, 0.25) is 0 Å². The van der Waals surface area contributed by atoms with Gasteiger partial charge in [0, 0.05) is 19.6 Å². The molecule has 0 aromatic heterocycles. The maximum Gasteiger partial charge on any atom is 0.300 e. The second-order valence-electron chi connectivity index (χ2n) is 2.58. The molecule has 0 saturated heterocycles. The highest BCUT2D eigenvalue weighted by Gasteiger charge is 1.88. The molecule has 0 aromatic carbocycles. The minimum absolute atomic E-state index is 0.0796. The van der Waals surface area contributed by atoms with E-state index >= 15 is 0 Å². The van der Waals surface area contributed by atoms with Crippen LogP contribution in [-0.2, 0) is 9.59 Å². The topological polar surface area (TPSA) is 131 Å². The van der Waals surface area contributed by atoms with Gasteiger partial charge in [-0.05, 0) is 13.3 Å². The molecule has 7 nitrogen and oxygen atoms in total. The van der Waals surface area contributed by atoms with E-state index in [1.165, 1.54) is 13.1 Å². The summed E-state index contributed by atoms with van der Waals surface area (Å²) < 4.78 is 0. The molecule has 0 radical (unpaired) electrons. The number of carboxylic acid groups (broad SMARTS) is 1. The zero-order valence-electron chi connectivity index (χ0n) is 8.80. The first-order valence-corrected chi connectivity index (χ1v) is 4.15. The van der Waals surface area contributed by atoms with Crippen molar-refractivity contribution < 1.29 is 14.7 Å². The summed E-state index contributed by atoms with van der Waals surface area (Å²) in [5, 5.41) is 14.3. The van der Waals surface area contributed by atoms with Crippen LogP contribution in [0, 0.1) is 0 Å². The molecule has 0 aliphatic carbocycles. The smallest absolute Gasteiger partial charge is 0.300 e. The van der Waals surface area contributed by atoms with Gasteiger partial charge in [-0.3, -0.25) is 4.79 Å². The van der Waals surface area contributed by atoms with Crippen LogP contribution in [0.1, 0.15) is 26.7 Å². The third-order valence-corrected chi connectivity index (χ3v) is 0.880. The fourth-order valence-electron chi connectivity index (χ4n) is 0.433. The molecule has 0 rings (SSSR count). The summed E-state index contributed by atoms with van der Waals surface area (Å²) in [6.45, 7) is 2.61. The van der Waals surface area contributed by atoms with Crippen molar-refractivity contribution in [2.24, 2.45) is 21.7 Å². The molecule has 0 unspecified atom stereocenters. The van der Waals surface area contributed by atoms with Gasteiger partial charge in [0.05, 0.1) is 0 Å². The largest absolute Gasteiger partial charge is 0.481 e. The second kappa shape index (κ2) is 10.2. The lowest BCUT2D eigenvalue weighted by Crippen LogP contribution is -2.21. The average molecular weight is 216 g/mol. The van der Waals surface area contributed by atoms with Gasteiger partial charge in [-0.25, -0.2) is 0 Å². The molecule has 0 atom stereocenters. The van der Waals surface area contributed by atoms with Crippen LogP contribution in [0.3, 0.4) is 0 Å². The lowest BCUT2D eigenvalue weighted by molar-refractivity contribution is -0.134. The Morgan fingerprint density at radius 3 is 2.13 bits per heavy atom. The van der Waals surface area contributed by atoms with Crippen LogP contribution in [0.15, 0.2) is 10.2 Å². The molecule has 15 heavy (non-hydrogen) atoms. The fourth-order valence-corrected chi connectivity index (χ4v) is 0.433. The van der Waals surface area contributed by atoms with E-state index in [4.69, 9.17) is 21.4 Å². The molecule has 7 heteroatoms. The Kier molecular flexibility index (Phi) is 10.5. The molecule has 0 saturated carbocycles. The quantitative estimate of drug-likeness (QED) is 0.337. The van der Waals surface area contributed by atoms with E-state index in [0.29, 0.717) is 12.8 Å². The lowest BCUT2D eigenvalue weighted by Gasteiger charge is -1.86. The molecule has 5 N–H and O–H groups in total. The Labute approximate surface area is 87.9 Å². The van der Waals surface area contributed by atoms with E-state index < -0.39 is 5.97 Å². The van der Waals surface area contributed by atoms with Gasteiger partial charge in [0.15, 0.2) is 0 Å². The third kappa shape index (κ3) is 33.2. The van der Waals surface area contributed by atoms with Crippen LogP contribution in [-0.4, -0.2) is 29.0 Å². The second-order valence-corrected chi connectivity index (χ2v) is 2.58. The van der Waals surface area contributed by atoms with Gasteiger partial charge in [-0.1, -0.05) is 0 Å². The van der Waals surface area contributed by atoms with Crippen LogP contribution in [0.4, 0.5) is 0 Å². The Balaban J connectivity index is 0. The van der Waals surface area contributed by atoms with E-state index in [1.807, 2.05) is 0 Å². The molecule has 0 aliphatic rings. The highest BCUT2D eigenvalue weighted by Crippen LogP contribution is 1.85. The molecule has 0 amide bonds. The van der Waals surface area contributed by atoms with Gasteiger partial charge >= 0.3 is 0 Å². The number of carbonyl (C=O) groups is 2. The first kappa shape index (κ1) is 15.5. The van der Waals surface area contributed by atoms with Crippen molar-refractivity contribution in [1.29, 1.82) is 0 Å². The van der Waals surface area contributed by atoms with Crippen molar-refractivity contribution >= 4 is 23.9 Å². The number of rotatable bonds is 4. The van der Waals surface area contributed by atoms with Crippen molar-refractivity contribution in [3.8, 4) is 0 Å². The number of aliphatic carboxylic acids is 1. The van der Waals surface area contributed by atoms with Gasteiger partial charge in [0.2, 0.25) is 5.96 Å². The number of carboxylic acids is 1. The maximum absolute atomic E-state index is 10.4. The van der Waals surface area contributed by atoms with Crippen molar-refractivity contribution in [2.45, 2.75) is 26.7 Å². The highest BCUT2D eigenvalue weighted by atomic mass is 16.4. The van der Waals surface area contributed by atoms with Gasteiger partial charge < -0.3 is 21.4 Å². The molecule has 0 fully saturated rings. The Morgan fingerprint density at radius 1 is 1.33 bits per heavy atom. The van der Waals surface area contributed by atoms with Gasteiger partial charge in [0.25, 0.3) is 5.97 Å². The zero-order chi connectivity index (χ0) is 12.3. The number of nitrogens with zero attached hydrogens (tertiary/aromatic N) is 2. The normalized spacial score (nSPS) is 8.93. The number of guanidine groups is 1. The minimum Gasteiger partial charge on any atom is -0.481 e. The zero-order valence-corrected chi connectivity index (χ0v) is 8.80. The Hall–Kier alpha value is -1.92. The predicted molar refractivity (Wildman–Crippen MR) is 57.5 cm³/mol. The van der Waals surface area contributed by atoms with Crippen LogP contribution in [0.5, 0.6) is 0 Å². The van der Waals surface area contributed by atoms with Crippen LogP contribution >= 0.6 is 0 Å². The molecular formula is C8H16N4O3. The number of hydrogen-bond donors (Lipinski definition) is 3. The maximum atomic E-state index is 10.4. The molecule has 0 spiro atoms.